The molecule has 0 bridgehead atoms. The SMILES string of the molecule is Cc1ccc(CN(c2cc(C)cc(C)c2)S(=O)(=O)c2ccccc2)cc1. The molecule has 0 aliphatic carbocycles. The Balaban J connectivity index is 2.10. The van der Waals surface area contributed by atoms with Crippen molar-refractivity contribution in [2.45, 2.75) is 32.2 Å². The minimum absolute atomic E-state index is 0.292. The second-order valence-corrected chi connectivity index (χ2v) is 8.52. The highest BCUT2D eigenvalue weighted by molar-refractivity contribution is 7.92. The smallest absolute Gasteiger partial charge is 0.262 e. The van der Waals surface area contributed by atoms with Crippen LogP contribution in [0, 0.1) is 20.8 Å². The molecule has 0 aromatic heterocycles. The first-order valence-electron chi connectivity index (χ1n) is 8.58. The second-order valence-electron chi connectivity index (χ2n) is 6.66. The van der Waals surface area contributed by atoms with Gasteiger partial charge >= 0.3 is 0 Å². The molecule has 0 saturated carbocycles. The molecule has 0 unspecified atom stereocenters. The number of nitrogens with zero attached hydrogens (tertiary/aromatic N) is 1. The first-order chi connectivity index (χ1) is 12.4. The fraction of sp³-hybridized carbons (Fsp3) is 0.182. The number of anilines is 1. The normalized spacial score (nSPS) is 11.3. The van der Waals surface area contributed by atoms with E-state index in [9.17, 15) is 8.42 Å². The lowest BCUT2D eigenvalue weighted by molar-refractivity contribution is 0.590. The lowest BCUT2D eigenvalue weighted by Crippen LogP contribution is -2.30. The molecule has 0 amide bonds. The largest absolute Gasteiger partial charge is 0.264 e. The van der Waals surface area contributed by atoms with Crippen molar-refractivity contribution >= 4 is 15.7 Å². The van der Waals surface area contributed by atoms with Crippen LogP contribution in [0.3, 0.4) is 0 Å². The fourth-order valence-electron chi connectivity index (χ4n) is 2.99. The predicted molar refractivity (Wildman–Crippen MR) is 107 cm³/mol. The summed E-state index contributed by atoms with van der Waals surface area (Å²) in [4.78, 5) is 0.297. The molecule has 3 rings (SSSR count). The Morgan fingerprint density at radius 1 is 0.731 bits per heavy atom. The maximum atomic E-state index is 13.4. The summed E-state index contributed by atoms with van der Waals surface area (Å²) in [5, 5.41) is 0. The summed E-state index contributed by atoms with van der Waals surface area (Å²) in [6.45, 7) is 6.28. The third-order valence-corrected chi connectivity index (χ3v) is 6.06. The molecule has 0 N–H and O–H groups in total. The van der Waals surface area contributed by atoms with E-state index in [4.69, 9.17) is 0 Å². The highest BCUT2D eigenvalue weighted by Crippen LogP contribution is 2.28. The minimum Gasteiger partial charge on any atom is -0.262 e. The summed E-state index contributed by atoms with van der Waals surface area (Å²) in [6.07, 6.45) is 0. The van der Waals surface area contributed by atoms with Crippen molar-refractivity contribution in [3.05, 3.63) is 95.1 Å². The third kappa shape index (κ3) is 3.97. The number of sulfonamides is 1. The van der Waals surface area contributed by atoms with Crippen molar-refractivity contribution in [2.24, 2.45) is 0 Å². The van der Waals surface area contributed by atoms with Gasteiger partial charge in [0.05, 0.1) is 17.1 Å². The Labute approximate surface area is 156 Å². The number of hydrogen-bond acceptors (Lipinski definition) is 2. The molecule has 134 valence electrons. The Morgan fingerprint density at radius 2 is 1.31 bits per heavy atom. The van der Waals surface area contributed by atoms with Crippen LogP contribution in [0.15, 0.2) is 77.7 Å². The molecule has 0 aliphatic rings. The zero-order chi connectivity index (χ0) is 18.7. The van der Waals surface area contributed by atoms with Crippen molar-refractivity contribution in [3.63, 3.8) is 0 Å². The van der Waals surface area contributed by atoms with Crippen LogP contribution in [0.25, 0.3) is 0 Å². The first kappa shape index (κ1) is 18.2. The maximum absolute atomic E-state index is 13.4. The quantitative estimate of drug-likeness (QED) is 0.637. The van der Waals surface area contributed by atoms with Gasteiger partial charge in [0, 0.05) is 0 Å². The molecule has 3 aromatic carbocycles. The van der Waals surface area contributed by atoms with E-state index in [0.29, 0.717) is 17.1 Å². The van der Waals surface area contributed by atoms with Crippen LogP contribution in [0.4, 0.5) is 5.69 Å². The van der Waals surface area contributed by atoms with Gasteiger partial charge in [-0.05, 0) is 61.7 Å². The average molecular weight is 365 g/mol. The number of hydrogen-bond donors (Lipinski definition) is 0. The van der Waals surface area contributed by atoms with E-state index in [1.165, 1.54) is 4.31 Å². The van der Waals surface area contributed by atoms with Gasteiger partial charge < -0.3 is 0 Å². The van der Waals surface area contributed by atoms with Crippen LogP contribution in [0.5, 0.6) is 0 Å². The Hall–Kier alpha value is -2.59. The molecule has 0 atom stereocenters. The summed E-state index contributed by atoms with van der Waals surface area (Å²) < 4.78 is 28.2. The van der Waals surface area contributed by atoms with Crippen molar-refractivity contribution < 1.29 is 8.42 Å². The fourth-order valence-corrected chi connectivity index (χ4v) is 4.45. The number of rotatable bonds is 5. The van der Waals surface area contributed by atoms with E-state index in [2.05, 4.69) is 0 Å². The van der Waals surface area contributed by atoms with Gasteiger partial charge in [-0.3, -0.25) is 4.31 Å². The molecular weight excluding hydrogens is 342 g/mol. The van der Waals surface area contributed by atoms with Crippen molar-refractivity contribution in [1.82, 2.24) is 0 Å². The van der Waals surface area contributed by atoms with E-state index in [0.717, 1.165) is 22.3 Å². The molecule has 26 heavy (non-hydrogen) atoms. The predicted octanol–water partition coefficient (Wildman–Crippen LogP) is 5.01. The van der Waals surface area contributed by atoms with E-state index in [1.807, 2.05) is 69.3 Å². The monoisotopic (exact) mass is 365 g/mol. The zero-order valence-corrected chi connectivity index (χ0v) is 16.1. The van der Waals surface area contributed by atoms with Crippen LogP contribution in [0.1, 0.15) is 22.3 Å². The molecule has 0 heterocycles. The van der Waals surface area contributed by atoms with Gasteiger partial charge in [-0.25, -0.2) is 8.42 Å². The van der Waals surface area contributed by atoms with Crippen LogP contribution in [0.2, 0.25) is 0 Å². The molecule has 0 aliphatic heterocycles. The topological polar surface area (TPSA) is 37.4 Å². The molecule has 0 saturated heterocycles. The lowest BCUT2D eigenvalue weighted by atomic mass is 10.1. The van der Waals surface area contributed by atoms with Gasteiger partial charge in [0.15, 0.2) is 0 Å². The van der Waals surface area contributed by atoms with Crippen LogP contribution >= 0.6 is 0 Å². The first-order valence-corrected chi connectivity index (χ1v) is 10.0. The highest BCUT2D eigenvalue weighted by Gasteiger charge is 2.25. The summed E-state index contributed by atoms with van der Waals surface area (Å²) in [5.74, 6) is 0. The average Bonchev–Trinajstić information content (AvgIpc) is 2.61. The van der Waals surface area contributed by atoms with Gasteiger partial charge in [0.25, 0.3) is 10.0 Å². The van der Waals surface area contributed by atoms with Crippen molar-refractivity contribution in [3.8, 4) is 0 Å². The minimum atomic E-state index is -3.66. The highest BCUT2D eigenvalue weighted by atomic mass is 32.2. The third-order valence-electron chi connectivity index (χ3n) is 4.27. The van der Waals surface area contributed by atoms with E-state index in [1.54, 1.807) is 24.3 Å². The molecule has 0 spiro atoms. The standard InChI is InChI=1S/C22H23NO2S/c1-17-9-11-20(12-10-17)16-23(21-14-18(2)13-19(3)15-21)26(24,25)22-7-5-4-6-8-22/h4-15H,16H2,1-3H3. The second kappa shape index (κ2) is 7.34. The van der Waals surface area contributed by atoms with E-state index < -0.39 is 10.0 Å². The molecule has 0 fully saturated rings. The number of benzene rings is 3. The summed E-state index contributed by atoms with van der Waals surface area (Å²) in [7, 11) is -3.66. The van der Waals surface area contributed by atoms with Gasteiger partial charge in [-0.15, -0.1) is 0 Å². The summed E-state index contributed by atoms with van der Waals surface area (Å²) in [5.41, 5.74) is 4.87. The van der Waals surface area contributed by atoms with Crippen LogP contribution in [-0.2, 0) is 16.6 Å². The Morgan fingerprint density at radius 3 is 1.88 bits per heavy atom. The Bertz CT molecular complexity index is 974. The Kier molecular flexibility index (Phi) is 5.14. The summed E-state index contributed by atoms with van der Waals surface area (Å²) >= 11 is 0. The summed E-state index contributed by atoms with van der Waals surface area (Å²) in [6, 6.07) is 22.4. The van der Waals surface area contributed by atoms with Crippen molar-refractivity contribution in [2.75, 3.05) is 4.31 Å². The molecule has 0 radical (unpaired) electrons. The van der Waals surface area contributed by atoms with Crippen molar-refractivity contribution in [1.29, 1.82) is 0 Å². The van der Waals surface area contributed by atoms with E-state index in [-0.39, 0.29) is 0 Å². The van der Waals surface area contributed by atoms with Gasteiger partial charge in [-0.2, -0.15) is 0 Å². The van der Waals surface area contributed by atoms with Gasteiger partial charge in [0.2, 0.25) is 0 Å². The number of aryl methyl sites for hydroxylation is 3. The van der Waals surface area contributed by atoms with Gasteiger partial charge in [0.1, 0.15) is 0 Å². The van der Waals surface area contributed by atoms with E-state index >= 15 is 0 Å². The van der Waals surface area contributed by atoms with Gasteiger partial charge in [-0.1, -0.05) is 54.1 Å². The van der Waals surface area contributed by atoms with Crippen LogP contribution < -0.4 is 4.31 Å². The lowest BCUT2D eigenvalue weighted by Gasteiger charge is -2.25. The molecule has 3 aromatic rings. The molecular formula is C22H23NO2S. The maximum Gasteiger partial charge on any atom is 0.264 e. The van der Waals surface area contributed by atoms with Crippen LogP contribution in [-0.4, -0.2) is 8.42 Å². The zero-order valence-electron chi connectivity index (χ0n) is 15.3. The molecule has 4 heteroatoms. The molecule has 3 nitrogen and oxygen atoms in total.